The first-order chi connectivity index (χ1) is 9.49. The van der Waals surface area contributed by atoms with Crippen LogP contribution in [-0.2, 0) is 16.1 Å². The first-order valence-corrected chi connectivity index (χ1v) is 7.25. The molecular weight excluding hydrogens is 272 g/mol. The molecule has 2 amide bonds. The van der Waals surface area contributed by atoms with Crippen molar-refractivity contribution >= 4 is 24.4 Å². The molecule has 2 rings (SSSR count). The van der Waals surface area contributed by atoms with Gasteiger partial charge in [0.2, 0.25) is 11.8 Å². The zero-order chi connectivity index (χ0) is 14.7. The predicted octanol–water partition coefficient (Wildman–Crippen LogP) is 1.56. The standard InChI is InChI=1S/C15H20N2O2S/c1-11(18)17-10-13(20)8-14(17)15(19)16(2)9-12-6-4-3-5-7-12/h3-7,13-14,20H,8-10H2,1-2H3/t13-,14-/m1/s1. The predicted molar refractivity (Wildman–Crippen MR) is 81.5 cm³/mol. The smallest absolute Gasteiger partial charge is 0.245 e. The largest absolute Gasteiger partial charge is 0.340 e. The highest BCUT2D eigenvalue weighted by Gasteiger charge is 2.38. The van der Waals surface area contributed by atoms with Crippen molar-refractivity contribution in [2.45, 2.75) is 31.2 Å². The molecule has 1 aromatic carbocycles. The topological polar surface area (TPSA) is 40.6 Å². The fourth-order valence-corrected chi connectivity index (χ4v) is 2.96. The summed E-state index contributed by atoms with van der Waals surface area (Å²) in [5.41, 5.74) is 1.08. The van der Waals surface area contributed by atoms with E-state index < -0.39 is 0 Å². The van der Waals surface area contributed by atoms with Crippen LogP contribution in [0.3, 0.4) is 0 Å². The highest BCUT2D eigenvalue weighted by Crippen LogP contribution is 2.23. The van der Waals surface area contributed by atoms with Gasteiger partial charge in [-0.3, -0.25) is 9.59 Å². The van der Waals surface area contributed by atoms with E-state index >= 15 is 0 Å². The second kappa shape index (κ2) is 6.31. The van der Waals surface area contributed by atoms with E-state index in [0.717, 1.165) is 5.56 Å². The van der Waals surface area contributed by atoms with E-state index in [9.17, 15) is 9.59 Å². The first-order valence-electron chi connectivity index (χ1n) is 6.73. The molecule has 0 radical (unpaired) electrons. The minimum Gasteiger partial charge on any atom is -0.340 e. The van der Waals surface area contributed by atoms with Crippen LogP contribution in [-0.4, -0.2) is 46.5 Å². The monoisotopic (exact) mass is 292 g/mol. The Hall–Kier alpha value is -1.49. The number of carbonyl (C=O) groups is 2. The average molecular weight is 292 g/mol. The number of benzene rings is 1. The molecule has 2 atom stereocenters. The van der Waals surface area contributed by atoms with Crippen molar-refractivity contribution in [3.8, 4) is 0 Å². The third-order valence-electron chi connectivity index (χ3n) is 3.61. The fraction of sp³-hybridized carbons (Fsp3) is 0.467. The lowest BCUT2D eigenvalue weighted by molar-refractivity contribution is -0.142. The highest BCUT2D eigenvalue weighted by atomic mass is 32.1. The fourth-order valence-electron chi connectivity index (χ4n) is 2.59. The molecule has 4 nitrogen and oxygen atoms in total. The number of carbonyl (C=O) groups excluding carboxylic acids is 2. The Balaban J connectivity index is 2.04. The van der Waals surface area contributed by atoms with Gasteiger partial charge in [-0.2, -0.15) is 12.6 Å². The Morgan fingerprint density at radius 2 is 2.00 bits per heavy atom. The van der Waals surface area contributed by atoms with Crippen molar-refractivity contribution in [2.75, 3.05) is 13.6 Å². The molecule has 1 heterocycles. The van der Waals surface area contributed by atoms with Crippen LogP contribution >= 0.6 is 12.6 Å². The van der Waals surface area contributed by atoms with E-state index in [1.165, 1.54) is 6.92 Å². The van der Waals surface area contributed by atoms with Crippen molar-refractivity contribution in [2.24, 2.45) is 0 Å². The van der Waals surface area contributed by atoms with Crippen LogP contribution < -0.4 is 0 Å². The number of hydrogen-bond donors (Lipinski definition) is 1. The van der Waals surface area contributed by atoms with Crippen molar-refractivity contribution in [3.05, 3.63) is 35.9 Å². The van der Waals surface area contributed by atoms with Crippen LogP contribution in [0.1, 0.15) is 18.9 Å². The molecule has 1 aliphatic heterocycles. The van der Waals surface area contributed by atoms with E-state index in [-0.39, 0.29) is 23.1 Å². The molecule has 0 saturated carbocycles. The van der Waals surface area contributed by atoms with Gasteiger partial charge in [-0.15, -0.1) is 0 Å². The molecule has 0 spiro atoms. The molecule has 1 fully saturated rings. The Morgan fingerprint density at radius 1 is 1.35 bits per heavy atom. The summed E-state index contributed by atoms with van der Waals surface area (Å²) in [6, 6.07) is 9.46. The maximum absolute atomic E-state index is 12.5. The van der Waals surface area contributed by atoms with Gasteiger partial charge >= 0.3 is 0 Å². The molecule has 0 N–H and O–H groups in total. The maximum atomic E-state index is 12.5. The van der Waals surface area contributed by atoms with E-state index in [1.54, 1.807) is 16.8 Å². The summed E-state index contributed by atoms with van der Waals surface area (Å²) in [7, 11) is 1.78. The molecule has 0 bridgehead atoms. The highest BCUT2D eigenvalue weighted by molar-refractivity contribution is 7.81. The van der Waals surface area contributed by atoms with Crippen LogP contribution in [0.15, 0.2) is 30.3 Å². The Labute approximate surface area is 125 Å². The number of amides is 2. The van der Waals surface area contributed by atoms with Crippen LogP contribution in [0.4, 0.5) is 0 Å². The normalized spacial score (nSPS) is 21.9. The number of rotatable bonds is 3. The lowest BCUT2D eigenvalue weighted by Gasteiger charge is -2.27. The molecule has 1 saturated heterocycles. The number of nitrogens with zero attached hydrogens (tertiary/aromatic N) is 2. The van der Waals surface area contributed by atoms with Gasteiger partial charge in [0.15, 0.2) is 0 Å². The van der Waals surface area contributed by atoms with E-state index in [0.29, 0.717) is 19.5 Å². The Kier molecular flexibility index (Phi) is 4.70. The SMILES string of the molecule is CC(=O)N1C[C@H](S)C[C@@H]1C(=O)N(C)Cc1ccccc1. The van der Waals surface area contributed by atoms with Crippen molar-refractivity contribution in [1.82, 2.24) is 9.80 Å². The van der Waals surface area contributed by atoms with E-state index in [2.05, 4.69) is 12.6 Å². The van der Waals surface area contributed by atoms with Gasteiger partial charge in [-0.05, 0) is 12.0 Å². The lowest BCUT2D eigenvalue weighted by Crippen LogP contribution is -2.45. The van der Waals surface area contributed by atoms with Gasteiger partial charge in [0, 0.05) is 32.3 Å². The number of thiol groups is 1. The van der Waals surface area contributed by atoms with Gasteiger partial charge < -0.3 is 9.80 Å². The summed E-state index contributed by atoms with van der Waals surface area (Å²) < 4.78 is 0. The van der Waals surface area contributed by atoms with Gasteiger partial charge in [0.25, 0.3) is 0 Å². The van der Waals surface area contributed by atoms with Gasteiger partial charge in [0.05, 0.1) is 0 Å². The quantitative estimate of drug-likeness (QED) is 0.859. The molecule has 20 heavy (non-hydrogen) atoms. The minimum absolute atomic E-state index is 0.0133. The molecule has 0 aliphatic carbocycles. The number of likely N-dealkylation sites (N-methyl/N-ethyl adjacent to an activating group) is 1. The number of hydrogen-bond acceptors (Lipinski definition) is 3. The zero-order valence-corrected chi connectivity index (χ0v) is 12.7. The molecule has 108 valence electrons. The molecule has 5 heteroatoms. The van der Waals surface area contributed by atoms with Crippen molar-refractivity contribution < 1.29 is 9.59 Å². The number of likely N-dealkylation sites (tertiary alicyclic amines) is 1. The lowest BCUT2D eigenvalue weighted by atomic mass is 10.1. The molecular formula is C15H20N2O2S. The van der Waals surface area contributed by atoms with Gasteiger partial charge in [-0.25, -0.2) is 0 Å². The van der Waals surface area contributed by atoms with Crippen LogP contribution in [0.2, 0.25) is 0 Å². The third-order valence-corrected chi connectivity index (χ3v) is 3.98. The van der Waals surface area contributed by atoms with Crippen LogP contribution in [0, 0.1) is 0 Å². The third kappa shape index (κ3) is 3.33. The zero-order valence-electron chi connectivity index (χ0n) is 11.8. The van der Waals surface area contributed by atoms with Crippen molar-refractivity contribution in [1.29, 1.82) is 0 Å². The summed E-state index contributed by atoms with van der Waals surface area (Å²) in [5, 5.41) is 0.0815. The molecule has 1 aromatic rings. The molecule has 1 aliphatic rings. The first kappa shape index (κ1) is 14.9. The summed E-state index contributed by atoms with van der Waals surface area (Å²) in [4.78, 5) is 27.4. The Morgan fingerprint density at radius 3 is 2.60 bits per heavy atom. The van der Waals surface area contributed by atoms with Crippen LogP contribution in [0.5, 0.6) is 0 Å². The summed E-state index contributed by atoms with van der Waals surface area (Å²) in [6.45, 7) is 2.61. The minimum atomic E-state index is -0.372. The van der Waals surface area contributed by atoms with E-state index in [4.69, 9.17) is 0 Å². The average Bonchev–Trinajstić information content (AvgIpc) is 2.81. The summed E-state index contributed by atoms with van der Waals surface area (Å²) in [6.07, 6.45) is 0.626. The van der Waals surface area contributed by atoms with Gasteiger partial charge in [0.1, 0.15) is 6.04 Å². The van der Waals surface area contributed by atoms with E-state index in [1.807, 2.05) is 30.3 Å². The van der Waals surface area contributed by atoms with Crippen molar-refractivity contribution in [3.63, 3.8) is 0 Å². The summed E-state index contributed by atoms with van der Waals surface area (Å²) >= 11 is 4.40. The Bertz CT molecular complexity index is 492. The van der Waals surface area contributed by atoms with Crippen LogP contribution in [0.25, 0.3) is 0 Å². The van der Waals surface area contributed by atoms with Gasteiger partial charge in [-0.1, -0.05) is 30.3 Å². The second-order valence-corrected chi connectivity index (χ2v) is 5.99. The molecule has 0 aromatic heterocycles. The second-order valence-electron chi connectivity index (χ2n) is 5.26. The summed E-state index contributed by atoms with van der Waals surface area (Å²) in [5.74, 6) is -0.0754. The maximum Gasteiger partial charge on any atom is 0.245 e. The molecule has 0 unspecified atom stereocenters.